The van der Waals surface area contributed by atoms with E-state index in [9.17, 15) is 0 Å². The molecule has 0 atom stereocenters. The Morgan fingerprint density at radius 1 is 0.559 bits per heavy atom. The van der Waals surface area contributed by atoms with Crippen molar-refractivity contribution >= 4 is 21.8 Å². The monoisotopic (exact) mass is 435 g/mol. The van der Waals surface area contributed by atoms with Crippen LogP contribution in [0.5, 0.6) is 0 Å². The average Bonchev–Trinajstić information content (AvgIpc) is 3.37. The lowest BCUT2D eigenvalue weighted by molar-refractivity contribution is 0.662. The summed E-state index contributed by atoms with van der Waals surface area (Å²) in [6, 6.07) is 39.6. The molecule has 1 aliphatic rings. The second kappa shape index (κ2) is 6.95. The zero-order chi connectivity index (χ0) is 22.9. The summed E-state index contributed by atoms with van der Waals surface area (Å²) < 4.78 is 0. The van der Waals surface area contributed by atoms with E-state index in [0.29, 0.717) is 0 Å². The van der Waals surface area contributed by atoms with Gasteiger partial charge in [-0.3, -0.25) is 0 Å². The number of aromatic amines is 1. The van der Waals surface area contributed by atoms with Gasteiger partial charge in [-0.15, -0.1) is 0 Å². The van der Waals surface area contributed by atoms with Crippen molar-refractivity contribution in [3.05, 3.63) is 120 Å². The molecule has 0 saturated heterocycles. The molecule has 0 amide bonds. The molecule has 0 radical (unpaired) electrons. The summed E-state index contributed by atoms with van der Waals surface area (Å²) in [5.41, 5.74) is 13.0. The van der Waals surface area contributed by atoms with Gasteiger partial charge in [0.05, 0.1) is 5.52 Å². The first-order valence-corrected chi connectivity index (χ1v) is 12.0. The van der Waals surface area contributed by atoms with Gasteiger partial charge in [0.2, 0.25) is 0 Å². The van der Waals surface area contributed by atoms with Crippen molar-refractivity contribution in [2.75, 3.05) is 0 Å². The smallest absolute Gasteiger partial charge is 0.0548 e. The number of fused-ring (bicyclic) bond motifs is 7. The molecule has 1 heterocycles. The first-order valence-electron chi connectivity index (χ1n) is 12.0. The van der Waals surface area contributed by atoms with Gasteiger partial charge in [0, 0.05) is 27.3 Å². The van der Waals surface area contributed by atoms with Crippen LogP contribution in [-0.2, 0) is 5.41 Å². The van der Waals surface area contributed by atoms with Crippen LogP contribution in [0.1, 0.15) is 25.0 Å². The summed E-state index contributed by atoms with van der Waals surface area (Å²) in [5, 5.41) is 2.57. The Labute approximate surface area is 199 Å². The van der Waals surface area contributed by atoms with Gasteiger partial charge in [-0.05, 0) is 51.1 Å². The summed E-state index contributed by atoms with van der Waals surface area (Å²) in [7, 11) is 0. The van der Waals surface area contributed by atoms with Crippen molar-refractivity contribution in [3.63, 3.8) is 0 Å². The normalized spacial score (nSPS) is 13.8. The molecule has 0 unspecified atom stereocenters. The number of rotatable bonds is 2. The van der Waals surface area contributed by atoms with Crippen LogP contribution < -0.4 is 0 Å². The van der Waals surface area contributed by atoms with Crippen LogP contribution in [0.25, 0.3) is 55.2 Å². The molecule has 1 nitrogen and oxygen atoms in total. The second-order valence-electron chi connectivity index (χ2n) is 9.88. The van der Waals surface area contributed by atoms with Crippen LogP contribution in [0.4, 0.5) is 0 Å². The Balaban J connectivity index is 1.61. The predicted molar refractivity (Wildman–Crippen MR) is 144 cm³/mol. The SMILES string of the molecule is CC1(C)c2ccccc2-c2c1c(-c1ccccc1)cc1c2[nH]c2cc(-c3ccccc3)ccc21. The Hall–Kier alpha value is -4.10. The maximum atomic E-state index is 3.85. The Morgan fingerprint density at radius 3 is 2.00 bits per heavy atom. The van der Waals surface area contributed by atoms with Crippen LogP contribution >= 0.6 is 0 Å². The molecule has 0 aliphatic heterocycles. The minimum Gasteiger partial charge on any atom is -0.354 e. The lowest BCUT2D eigenvalue weighted by atomic mass is 9.78. The molecule has 0 saturated carbocycles. The van der Waals surface area contributed by atoms with Crippen molar-refractivity contribution in [2.24, 2.45) is 0 Å². The Bertz CT molecular complexity index is 1700. The van der Waals surface area contributed by atoms with Crippen LogP contribution in [0.2, 0.25) is 0 Å². The third-order valence-electron chi connectivity index (χ3n) is 7.58. The number of hydrogen-bond acceptors (Lipinski definition) is 0. The van der Waals surface area contributed by atoms with Crippen molar-refractivity contribution in [2.45, 2.75) is 19.3 Å². The summed E-state index contributed by atoms with van der Waals surface area (Å²) in [5.74, 6) is 0. The van der Waals surface area contributed by atoms with Crippen molar-refractivity contribution in [3.8, 4) is 33.4 Å². The third kappa shape index (κ3) is 2.61. The molecule has 0 fully saturated rings. The van der Waals surface area contributed by atoms with Gasteiger partial charge in [0.15, 0.2) is 0 Å². The highest BCUT2D eigenvalue weighted by Crippen LogP contribution is 2.55. The van der Waals surface area contributed by atoms with Gasteiger partial charge in [-0.2, -0.15) is 0 Å². The molecule has 1 heteroatoms. The molecule has 6 aromatic rings. The highest BCUT2D eigenvalue weighted by atomic mass is 14.7. The minimum absolute atomic E-state index is 0.0716. The van der Waals surface area contributed by atoms with Gasteiger partial charge in [-0.1, -0.05) is 111 Å². The molecule has 1 aromatic heterocycles. The lowest BCUT2D eigenvalue weighted by Gasteiger charge is -2.25. The van der Waals surface area contributed by atoms with E-state index in [1.807, 2.05) is 0 Å². The minimum atomic E-state index is -0.0716. The van der Waals surface area contributed by atoms with Gasteiger partial charge in [0.25, 0.3) is 0 Å². The van der Waals surface area contributed by atoms with E-state index in [2.05, 4.69) is 128 Å². The first-order chi connectivity index (χ1) is 16.6. The molecular formula is C33H25N. The van der Waals surface area contributed by atoms with E-state index in [0.717, 1.165) is 0 Å². The molecular weight excluding hydrogens is 410 g/mol. The average molecular weight is 436 g/mol. The molecule has 0 spiro atoms. The van der Waals surface area contributed by atoms with Crippen molar-refractivity contribution in [1.82, 2.24) is 4.98 Å². The van der Waals surface area contributed by atoms with Gasteiger partial charge in [-0.25, -0.2) is 0 Å². The number of nitrogens with one attached hydrogen (secondary N) is 1. The number of benzene rings is 5. The van der Waals surface area contributed by atoms with Crippen LogP contribution in [-0.4, -0.2) is 4.98 Å². The zero-order valence-electron chi connectivity index (χ0n) is 19.4. The Morgan fingerprint density at radius 2 is 1.24 bits per heavy atom. The molecule has 1 aliphatic carbocycles. The van der Waals surface area contributed by atoms with E-state index < -0.39 is 0 Å². The van der Waals surface area contributed by atoms with Gasteiger partial charge in [0.1, 0.15) is 0 Å². The largest absolute Gasteiger partial charge is 0.354 e. The van der Waals surface area contributed by atoms with Gasteiger partial charge >= 0.3 is 0 Å². The molecule has 0 bridgehead atoms. The molecule has 34 heavy (non-hydrogen) atoms. The molecule has 1 N–H and O–H groups in total. The quantitative estimate of drug-likeness (QED) is 0.279. The maximum absolute atomic E-state index is 3.85. The van der Waals surface area contributed by atoms with E-state index in [4.69, 9.17) is 0 Å². The lowest BCUT2D eigenvalue weighted by Crippen LogP contribution is -2.16. The Kier molecular flexibility index (Phi) is 3.96. The summed E-state index contributed by atoms with van der Waals surface area (Å²) >= 11 is 0. The van der Waals surface area contributed by atoms with E-state index in [1.54, 1.807) is 0 Å². The van der Waals surface area contributed by atoms with Crippen molar-refractivity contribution in [1.29, 1.82) is 0 Å². The summed E-state index contributed by atoms with van der Waals surface area (Å²) in [4.78, 5) is 3.85. The second-order valence-corrected chi connectivity index (χ2v) is 9.88. The third-order valence-corrected chi connectivity index (χ3v) is 7.58. The predicted octanol–water partition coefficient (Wildman–Crippen LogP) is 8.96. The molecule has 162 valence electrons. The fourth-order valence-electron chi connectivity index (χ4n) is 6.00. The van der Waals surface area contributed by atoms with E-state index >= 15 is 0 Å². The summed E-state index contributed by atoms with van der Waals surface area (Å²) in [6.07, 6.45) is 0. The van der Waals surface area contributed by atoms with E-state index in [-0.39, 0.29) is 5.41 Å². The zero-order valence-corrected chi connectivity index (χ0v) is 19.4. The number of hydrogen-bond donors (Lipinski definition) is 1. The van der Waals surface area contributed by atoms with Crippen LogP contribution in [0.15, 0.2) is 109 Å². The number of H-pyrrole nitrogens is 1. The molecule has 7 rings (SSSR count). The van der Waals surface area contributed by atoms with Crippen LogP contribution in [0.3, 0.4) is 0 Å². The standard InChI is InChI=1S/C33H25N/c1-33(2)28-16-10-9-15-25(28)30-31(33)26(22-13-7-4-8-14-22)20-27-24-18-17-23(19-29(24)34-32(27)30)21-11-5-3-6-12-21/h3-20,34H,1-2H3. The fraction of sp³-hybridized carbons (Fsp3) is 0.0909. The topological polar surface area (TPSA) is 15.8 Å². The maximum Gasteiger partial charge on any atom is 0.0548 e. The van der Waals surface area contributed by atoms with E-state index in [1.165, 1.54) is 66.3 Å². The highest BCUT2D eigenvalue weighted by Gasteiger charge is 2.39. The van der Waals surface area contributed by atoms with Crippen LogP contribution in [0, 0.1) is 0 Å². The fourth-order valence-corrected chi connectivity index (χ4v) is 6.00. The van der Waals surface area contributed by atoms with Crippen molar-refractivity contribution < 1.29 is 0 Å². The highest BCUT2D eigenvalue weighted by molar-refractivity contribution is 6.16. The number of aromatic nitrogens is 1. The van der Waals surface area contributed by atoms with Gasteiger partial charge < -0.3 is 4.98 Å². The first kappa shape index (κ1) is 19.4. The summed E-state index contributed by atoms with van der Waals surface area (Å²) in [6.45, 7) is 4.73. The molecule has 5 aromatic carbocycles.